The molecule has 0 saturated carbocycles. The summed E-state index contributed by atoms with van der Waals surface area (Å²) >= 11 is 6.63. The Balaban J connectivity index is 1.83. The van der Waals surface area contributed by atoms with Crippen molar-refractivity contribution in [3.63, 3.8) is 0 Å². The summed E-state index contributed by atoms with van der Waals surface area (Å²) in [5.41, 5.74) is 5.75. The predicted octanol–water partition coefficient (Wildman–Crippen LogP) is 5.50. The quantitative estimate of drug-likeness (QED) is 0.298. The molecule has 0 spiro atoms. The highest BCUT2D eigenvalue weighted by Gasteiger charge is 2.10. The Kier molecular flexibility index (Phi) is 4.27. The first kappa shape index (κ1) is 16.5. The molecule has 4 aromatic rings. The highest BCUT2D eigenvalue weighted by molar-refractivity contribution is 6.42. The van der Waals surface area contributed by atoms with Crippen molar-refractivity contribution in [3.05, 3.63) is 76.6 Å². The Bertz CT molecular complexity index is 1070. The van der Waals surface area contributed by atoms with E-state index in [1.807, 2.05) is 62.5 Å². The fraction of sp³-hybridized carbons (Fsp3) is 0.0952. The van der Waals surface area contributed by atoms with E-state index < -0.39 is 0 Å². The van der Waals surface area contributed by atoms with Crippen LogP contribution in [0.4, 0.5) is 5.95 Å². The van der Waals surface area contributed by atoms with Crippen LogP contribution in [0.2, 0.25) is 5.02 Å². The van der Waals surface area contributed by atoms with Crippen LogP contribution >= 0.6 is 11.6 Å². The van der Waals surface area contributed by atoms with Gasteiger partial charge in [-0.05, 0) is 30.7 Å². The second kappa shape index (κ2) is 6.73. The van der Waals surface area contributed by atoms with Crippen molar-refractivity contribution in [2.45, 2.75) is 13.8 Å². The van der Waals surface area contributed by atoms with Gasteiger partial charge in [0.25, 0.3) is 0 Å². The standard InChI is InChI=1S/C21H17ClN4/c1-13-11-14(2)25-21(24-13)26-23-12-19-15-7-3-5-9-17(15)20(22)18-10-6-4-8-16(18)19/h3-12H,1-2H3,(H,24,25,26)/b23-12+. The summed E-state index contributed by atoms with van der Waals surface area (Å²) in [6, 6.07) is 18.1. The number of benzene rings is 3. The molecule has 0 bridgehead atoms. The average molecular weight is 361 g/mol. The van der Waals surface area contributed by atoms with Crippen LogP contribution in [0.5, 0.6) is 0 Å². The predicted molar refractivity (Wildman–Crippen MR) is 109 cm³/mol. The largest absolute Gasteiger partial charge is 0.245 e. The van der Waals surface area contributed by atoms with E-state index in [4.69, 9.17) is 11.6 Å². The van der Waals surface area contributed by atoms with Gasteiger partial charge in [-0.15, -0.1) is 0 Å². The molecule has 0 saturated heterocycles. The number of aromatic nitrogens is 2. The molecule has 0 aliphatic carbocycles. The normalized spacial score (nSPS) is 11.5. The van der Waals surface area contributed by atoms with Gasteiger partial charge in [-0.1, -0.05) is 60.1 Å². The van der Waals surface area contributed by atoms with Crippen LogP contribution in [-0.2, 0) is 0 Å². The Morgan fingerprint density at radius 2 is 1.35 bits per heavy atom. The maximum absolute atomic E-state index is 6.63. The van der Waals surface area contributed by atoms with E-state index in [2.05, 4.69) is 32.6 Å². The molecule has 1 heterocycles. The molecule has 5 heteroatoms. The van der Waals surface area contributed by atoms with Crippen molar-refractivity contribution < 1.29 is 0 Å². The van der Waals surface area contributed by atoms with E-state index in [-0.39, 0.29) is 0 Å². The van der Waals surface area contributed by atoms with Gasteiger partial charge in [-0.25, -0.2) is 15.4 Å². The highest BCUT2D eigenvalue weighted by atomic mass is 35.5. The number of fused-ring (bicyclic) bond motifs is 2. The fourth-order valence-corrected chi connectivity index (χ4v) is 3.51. The fourth-order valence-electron chi connectivity index (χ4n) is 3.18. The van der Waals surface area contributed by atoms with Gasteiger partial charge >= 0.3 is 0 Å². The minimum Gasteiger partial charge on any atom is -0.245 e. The summed E-state index contributed by atoms with van der Waals surface area (Å²) in [6.45, 7) is 3.87. The smallest absolute Gasteiger partial charge is 0.243 e. The third-order valence-electron chi connectivity index (χ3n) is 4.25. The SMILES string of the molecule is Cc1cc(C)nc(N/N=C/c2c3ccccc3c(Cl)c3ccccc23)n1. The lowest BCUT2D eigenvalue weighted by molar-refractivity contribution is 1.04. The van der Waals surface area contributed by atoms with Gasteiger partial charge in [0.15, 0.2) is 0 Å². The van der Waals surface area contributed by atoms with Crippen molar-refractivity contribution in [1.29, 1.82) is 0 Å². The van der Waals surface area contributed by atoms with Crippen molar-refractivity contribution in [3.8, 4) is 0 Å². The number of rotatable bonds is 3. The van der Waals surface area contributed by atoms with E-state index in [1.165, 1.54) is 0 Å². The number of nitrogens with zero attached hydrogens (tertiary/aromatic N) is 3. The summed E-state index contributed by atoms with van der Waals surface area (Å²) in [4.78, 5) is 8.69. The first-order valence-corrected chi connectivity index (χ1v) is 8.71. The second-order valence-electron chi connectivity index (χ2n) is 6.16. The molecule has 0 unspecified atom stereocenters. The molecule has 1 N–H and O–H groups in total. The molecule has 1 aromatic heterocycles. The summed E-state index contributed by atoms with van der Waals surface area (Å²) in [5.74, 6) is 0.487. The number of anilines is 1. The first-order valence-electron chi connectivity index (χ1n) is 8.34. The van der Waals surface area contributed by atoms with Crippen molar-refractivity contribution in [2.75, 3.05) is 5.43 Å². The van der Waals surface area contributed by atoms with E-state index in [0.29, 0.717) is 5.95 Å². The molecule has 0 atom stereocenters. The molecule has 0 aliphatic heterocycles. The Labute approximate surface area is 156 Å². The number of halogens is 1. The van der Waals surface area contributed by atoms with Crippen molar-refractivity contribution in [2.24, 2.45) is 5.10 Å². The lowest BCUT2D eigenvalue weighted by Crippen LogP contribution is -2.00. The number of aryl methyl sites for hydroxylation is 2. The van der Waals surface area contributed by atoms with Crippen molar-refractivity contribution >= 4 is 45.3 Å². The van der Waals surface area contributed by atoms with Gasteiger partial charge < -0.3 is 0 Å². The molecule has 0 fully saturated rings. The monoisotopic (exact) mass is 360 g/mol. The van der Waals surface area contributed by atoms with Crippen LogP contribution in [0.15, 0.2) is 59.7 Å². The van der Waals surface area contributed by atoms with E-state index >= 15 is 0 Å². The molecule has 128 valence electrons. The van der Waals surface area contributed by atoms with Gasteiger partial charge in [0.1, 0.15) is 0 Å². The highest BCUT2D eigenvalue weighted by Crippen LogP contribution is 2.35. The maximum Gasteiger partial charge on any atom is 0.243 e. The number of hydrazone groups is 1. The minimum atomic E-state index is 0.487. The molecule has 4 nitrogen and oxygen atoms in total. The molecule has 0 radical (unpaired) electrons. The lowest BCUT2D eigenvalue weighted by atomic mass is 9.97. The van der Waals surface area contributed by atoms with Crippen LogP contribution in [0.3, 0.4) is 0 Å². The summed E-state index contributed by atoms with van der Waals surface area (Å²) in [7, 11) is 0. The van der Waals surface area contributed by atoms with E-state index in [0.717, 1.165) is 43.5 Å². The molecule has 4 rings (SSSR count). The zero-order valence-electron chi connectivity index (χ0n) is 14.5. The van der Waals surface area contributed by atoms with Gasteiger partial charge in [-0.3, -0.25) is 0 Å². The molecular formula is C21H17ClN4. The number of hydrogen-bond donors (Lipinski definition) is 1. The Hall–Kier alpha value is -2.98. The zero-order chi connectivity index (χ0) is 18.1. The van der Waals surface area contributed by atoms with Crippen LogP contribution in [0, 0.1) is 13.8 Å². The van der Waals surface area contributed by atoms with Gasteiger partial charge in [0, 0.05) is 27.7 Å². The Morgan fingerprint density at radius 3 is 1.88 bits per heavy atom. The summed E-state index contributed by atoms with van der Waals surface area (Å²) in [5, 5.41) is 9.28. The van der Waals surface area contributed by atoms with Crippen LogP contribution in [0.1, 0.15) is 17.0 Å². The topological polar surface area (TPSA) is 50.2 Å². The van der Waals surface area contributed by atoms with Crippen LogP contribution < -0.4 is 5.43 Å². The van der Waals surface area contributed by atoms with Crippen molar-refractivity contribution in [1.82, 2.24) is 9.97 Å². The minimum absolute atomic E-state index is 0.487. The van der Waals surface area contributed by atoms with Crippen LogP contribution in [-0.4, -0.2) is 16.2 Å². The van der Waals surface area contributed by atoms with Gasteiger partial charge in [-0.2, -0.15) is 5.10 Å². The van der Waals surface area contributed by atoms with Gasteiger partial charge in [0.05, 0.1) is 11.2 Å². The third kappa shape index (κ3) is 3.00. The first-order chi connectivity index (χ1) is 12.6. The summed E-state index contributed by atoms with van der Waals surface area (Å²) in [6.07, 6.45) is 1.81. The van der Waals surface area contributed by atoms with E-state index in [1.54, 1.807) is 0 Å². The molecule has 0 aliphatic rings. The zero-order valence-corrected chi connectivity index (χ0v) is 15.2. The Morgan fingerprint density at radius 1 is 0.846 bits per heavy atom. The maximum atomic E-state index is 6.63. The molecule has 26 heavy (non-hydrogen) atoms. The van der Waals surface area contributed by atoms with E-state index in [9.17, 15) is 0 Å². The number of nitrogens with one attached hydrogen (secondary N) is 1. The number of hydrogen-bond acceptors (Lipinski definition) is 4. The lowest BCUT2D eigenvalue weighted by Gasteiger charge is -2.10. The molecular weight excluding hydrogens is 344 g/mol. The third-order valence-corrected chi connectivity index (χ3v) is 4.66. The second-order valence-corrected chi connectivity index (χ2v) is 6.54. The molecule has 0 amide bonds. The summed E-state index contributed by atoms with van der Waals surface area (Å²) < 4.78 is 0. The average Bonchev–Trinajstić information content (AvgIpc) is 2.64. The van der Waals surface area contributed by atoms with Gasteiger partial charge in [0.2, 0.25) is 5.95 Å². The van der Waals surface area contributed by atoms with Crippen LogP contribution in [0.25, 0.3) is 21.5 Å². The molecule has 3 aromatic carbocycles.